The Morgan fingerprint density at radius 3 is 2.95 bits per heavy atom. The molecule has 0 bridgehead atoms. The third-order valence-electron chi connectivity index (χ3n) is 3.32. The highest BCUT2D eigenvalue weighted by atomic mass is 19.1. The van der Waals surface area contributed by atoms with E-state index in [4.69, 9.17) is 0 Å². The van der Waals surface area contributed by atoms with Gasteiger partial charge in [0.05, 0.1) is 17.8 Å². The predicted molar refractivity (Wildman–Crippen MR) is 76.2 cm³/mol. The van der Waals surface area contributed by atoms with E-state index in [-0.39, 0.29) is 11.8 Å². The average molecular weight is 271 g/mol. The van der Waals surface area contributed by atoms with Gasteiger partial charge < -0.3 is 10.4 Å². The van der Waals surface area contributed by atoms with Crippen molar-refractivity contribution in [1.82, 2.24) is 10.2 Å². The molecule has 2 aromatic carbocycles. The summed E-state index contributed by atoms with van der Waals surface area (Å²) in [7, 11) is 0. The average Bonchev–Trinajstić information content (AvgIpc) is 2.87. The predicted octanol–water partition coefficient (Wildman–Crippen LogP) is 3.58. The van der Waals surface area contributed by atoms with Gasteiger partial charge in [-0.1, -0.05) is 12.1 Å². The fourth-order valence-corrected chi connectivity index (χ4v) is 2.29. The number of nitrogens with zero attached hydrogens (tertiary/aromatic N) is 1. The Hall–Kier alpha value is -2.56. The summed E-state index contributed by atoms with van der Waals surface area (Å²) in [5.74, 6) is -0.500. The van der Waals surface area contributed by atoms with Crippen LogP contribution >= 0.6 is 0 Å². The molecule has 0 amide bonds. The Labute approximate surface area is 115 Å². The maximum atomic E-state index is 13.0. The first-order valence-electron chi connectivity index (χ1n) is 6.32. The first kappa shape index (κ1) is 12.5. The Balaban J connectivity index is 1.92. The smallest absolute Gasteiger partial charge is 0.126 e. The number of nitrogens with one attached hydrogen (secondary N) is 2. The number of rotatable bonds is 3. The SMILES string of the molecule is CC(Nc1cccc2[nH]ncc12)c1ccc(F)cc1O. The summed E-state index contributed by atoms with van der Waals surface area (Å²) >= 11 is 0. The Morgan fingerprint density at radius 2 is 2.15 bits per heavy atom. The Morgan fingerprint density at radius 1 is 1.30 bits per heavy atom. The quantitative estimate of drug-likeness (QED) is 0.682. The van der Waals surface area contributed by atoms with Crippen molar-refractivity contribution in [3.63, 3.8) is 0 Å². The van der Waals surface area contributed by atoms with E-state index in [1.165, 1.54) is 6.07 Å². The number of hydrogen-bond donors (Lipinski definition) is 3. The first-order valence-corrected chi connectivity index (χ1v) is 6.32. The lowest BCUT2D eigenvalue weighted by Gasteiger charge is -2.17. The molecule has 5 heteroatoms. The van der Waals surface area contributed by atoms with Crippen LogP contribution in [-0.4, -0.2) is 15.3 Å². The second-order valence-corrected chi connectivity index (χ2v) is 4.71. The van der Waals surface area contributed by atoms with Gasteiger partial charge in [-0.25, -0.2) is 4.39 Å². The van der Waals surface area contributed by atoms with Crippen molar-refractivity contribution in [3.8, 4) is 5.75 Å². The van der Waals surface area contributed by atoms with E-state index in [0.717, 1.165) is 22.7 Å². The fraction of sp³-hybridized carbons (Fsp3) is 0.133. The number of H-pyrrole nitrogens is 1. The van der Waals surface area contributed by atoms with Gasteiger partial charge in [0.25, 0.3) is 0 Å². The van der Waals surface area contributed by atoms with Gasteiger partial charge in [0.1, 0.15) is 11.6 Å². The fourth-order valence-electron chi connectivity index (χ4n) is 2.29. The summed E-state index contributed by atoms with van der Waals surface area (Å²) in [6.45, 7) is 1.91. The molecule has 0 aliphatic carbocycles. The largest absolute Gasteiger partial charge is 0.507 e. The molecular weight excluding hydrogens is 257 g/mol. The summed E-state index contributed by atoms with van der Waals surface area (Å²) in [5, 5.41) is 21.0. The van der Waals surface area contributed by atoms with Gasteiger partial charge in [0.15, 0.2) is 0 Å². The maximum absolute atomic E-state index is 13.0. The Bertz CT molecular complexity index is 754. The summed E-state index contributed by atoms with van der Waals surface area (Å²) in [5.41, 5.74) is 2.49. The van der Waals surface area contributed by atoms with Gasteiger partial charge in [0, 0.05) is 22.7 Å². The molecule has 1 unspecified atom stereocenters. The van der Waals surface area contributed by atoms with Crippen LogP contribution in [0.15, 0.2) is 42.6 Å². The molecule has 0 saturated carbocycles. The lowest BCUT2D eigenvalue weighted by atomic mass is 10.1. The van der Waals surface area contributed by atoms with Crippen molar-refractivity contribution in [2.45, 2.75) is 13.0 Å². The van der Waals surface area contributed by atoms with E-state index in [2.05, 4.69) is 15.5 Å². The molecule has 102 valence electrons. The third kappa shape index (κ3) is 2.18. The summed E-state index contributed by atoms with van der Waals surface area (Å²) < 4.78 is 13.0. The number of aromatic amines is 1. The molecule has 0 fully saturated rings. The normalized spacial score (nSPS) is 12.5. The molecule has 3 aromatic rings. The van der Waals surface area contributed by atoms with Gasteiger partial charge in [0.2, 0.25) is 0 Å². The summed E-state index contributed by atoms with van der Waals surface area (Å²) in [6, 6.07) is 9.67. The molecule has 1 atom stereocenters. The number of hydrogen-bond acceptors (Lipinski definition) is 3. The molecular formula is C15H14FN3O. The van der Waals surface area contributed by atoms with Gasteiger partial charge in [-0.2, -0.15) is 5.10 Å². The number of phenols is 1. The van der Waals surface area contributed by atoms with E-state index >= 15 is 0 Å². The van der Waals surface area contributed by atoms with Crippen LogP contribution in [0, 0.1) is 5.82 Å². The third-order valence-corrected chi connectivity index (χ3v) is 3.32. The van der Waals surface area contributed by atoms with Crippen molar-refractivity contribution >= 4 is 16.6 Å². The number of anilines is 1. The minimum Gasteiger partial charge on any atom is -0.507 e. The van der Waals surface area contributed by atoms with Gasteiger partial charge in [-0.3, -0.25) is 5.10 Å². The van der Waals surface area contributed by atoms with Crippen molar-refractivity contribution in [1.29, 1.82) is 0 Å². The number of fused-ring (bicyclic) bond motifs is 1. The number of phenolic OH excluding ortho intramolecular Hbond substituents is 1. The Kier molecular flexibility index (Phi) is 3.02. The highest BCUT2D eigenvalue weighted by Gasteiger charge is 2.12. The molecule has 1 aromatic heterocycles. The molecule has 3 rings (SSSR count). The van der Waals surface area contributed by atoms with E-state index in [0.29, 0.717) is 5.56 Å². The zero-order valence-corrected chi connectivity index (χ0v) is 10.9. The highest BCUT2D eigenvalue weighted by Crippen LogP contribution is 2.30. The van der Waals surface area contributed by atoms with E-state index in [1.54, 1.807) is 12.3 Å². The van der Waals surface area contributed by atoms with Crippen LogP contribution in [0.25, 0.3) is 10.9 Å². The molecule has 0 radical (unpaired) electrons. The summed E-state index contributed by atoms with van der Waals surface area (Å²) in [6.07, 6.45) is 1.74. The van der Waals surface area contributed by atoms with Crippen molar-refractivity contribution in [3.05, 3.63) is 54.0 Å². The molecule has 3 N–H and O–H groups in total. The van der Waals surface area contributed by atoms with E-state index in [9.17, 15) is 9.50 Å². The van der Waals surface area contributed by atoms with Crippen molar-refractivity contribution < 1.29 is 9.50 Å². The van der Waals surface area contributed by atoms with Crippen molar-refractivity contribution in [2.75, 3.05) is 5.32 Å². The lowest BCUT2D eigenvalue weighted by molar-refractivity contribution is 0.459. The standard InChI is InChI=1S/C15H14FN3O/c1-9(11-6-5-10(16)7-15(11)20)18-13-3-2-4-14-12(13)8-17-19-14/h2-9,18,20H,1H3,(H,17,19). The molecule has 4 nitrogen and oxygen atoms in total. The maximum Gasteiger partial charge on any atom is 0.126 e. The topological polar surface area (TPSA) is 60.9 Å². The molecule has 20 heavy (non-hydrogen) atoms. The van der Waals surface area contributed by atoms with E-state index < -0.39 is 5.82 Å². The molecule has 0 aliphatic heterocycles. The molecule has 0 spiro atoms. The van der Waals surface area contributed by atoms with Crippen LogP contribution in [0.1, 0.15) is 18.5 Å². The summed E-state index contributed by atoms with van der Waals surface area (Å²) in [4.78, 5) is 0. The van der Waals surface area contributed by atoms with Crippen LogP contribution in [0.4, 0.5) is 10.1 Å². The van der Waals surface area contributed by atoms with Crippen LogP contribution in [0.3, 0.4) is 0 Å². The molecule has 0 saturated heterocycles. The minimum absolute atomic E-state index is 0.0515. The zero-order valence-electron chi connectivity index (χ0n) is 10.9. The monoisotopic (exact) mass is 271 g/mol. The number of benzene rings is 2. The van der Waals surface area contributed by atoms with Gasteiger partial charge >= 0.3 is 0 Å². The highest BCUT2D eigenvalue weighted by molar-refractivity contribution is 5.91. The number of aromatic hydroxyl groups is 1. The molecule has 1 heterocycles. The first-order chi connectivity index (χ1) is 9.65. The van der Waals surface area contributed by atoms with Gasteiger partial charge in [-0.05, 0) is 25.1 Å². The van der Waals surface area contributed by atoms with E-state index in [1.807, 2.05) is 25.1 Å². The number of halogens is 1. The van der Waals surface area contributed by atoms with Crippen LogP contribution in [0.5, 0.6) is 5.75 Å². The zero-order chi connectivity index (χ0) is 14.1. The van der Waals surface area contributed by atoms with Crippen LogP contribution in [0.2, 0.25) is 0 Å². The van der Waals surface area contributed by atoms with Crippen LogP contribution in [-0.2, 0) is 0 Å². The molecule has 0 aliphatic rings. The minimum atomic E-state index is -0.449. The second kappa shape index (κ2) is 4.85. The number of aromatic nitrogens is 2. The van der Waals surface area contributed by atoms with Crippen molar-refractivity contribution in [2.24, 2.45) is 0 Å². The second-order valence-electron chi connectivity index (χ2n) is 4.71. The van der Waals surface area contributed by atoms with Crippen LogP contribution < -0.4 is 5.32 Å². The lowest BCUT2D eigenvalue weighted by Crippen LogP contribution is -2.07. The van der Waals surface area contributed by atoms with Gasteiger partial charge in [-0.15, -0.1) is 0 Å².